The highest BCUT2D eigenvalue weighted by molar-refractivity contribution is 5.87. The SMILES string of the molecule is Cc1c(CNCc2ccccc2-n2ccnc2)c2ccccc2n1CC(N)=O. The lowest BCUT2D eigenvalue weighted by atomic mass is 10.1. The van der Waals surface area contributed by atoms with Crippen molar-refractivity contribution in [1.82, 2.24) is 19.4 Å². The highest BCUT2D eigenvalue weighted by Gasteiger charge is 2.14. The molecule has 0 atom stereocenters. The summed E-state index contributed by atoms with van der Waals surface area (Å²) in [6.07, 6.45) is 5.53. The zero-order chi connectivity index (χ0) is 19.5. The molecule has 0 aliphatic rings. The minimum Gasteiger partial charge on any atom is -0.368 e. The molecule has 0 aliphatic carbocycles. The van der Waals surface area contributed by atoms with Crippen LogP contribution in [0, 0.1) is 6.92 Å². The summed E-state index contributed by atoms with van der Waals surface area (Å²) < 4.78 is 4.01. The van der Waals surface area contributed by atoms with Gasteiger partial charge in [0.05, 0.1) is 12.0 Å². The van der Waals surface area contributed by atoms with Crippen LogP contribution in [0.25, 0.3) is 16.6 Å². The summed E-state index contributed by atoms with van der Waals surface area (Å²) in [5.74, 6) is -0.336. The van der Waals surface area contributed by atoms with Gasteiger partial charge < -0.3 is 20.2 Å². The number of nitrogens with one attached hydrogen (secondary N) is 1. The zero-order valence-electron chi connectivity index (χ0n) is 15.8. The number of imidazole rings is 1. The maximum absolute atomic E-state index is 11.5. The molecule has 0 saturated carbocycles. The van der Waals surface area contributed by atoms with Crippen LogP contribution in [0.15, 0.2) is 67.3 Å². The van der Waals surface area contributed by atoms with E-state index >= 15 is 0 Å². The topological polar surface area (TPSA) is 77.9 Å². The lowest BCUT2D eigenvalue weighted by molar-refractivity contribution is -0.118. The Labute approximate surface area is 163 Å². The molecule has 0 radical (unpaired) electrons. The minimum absolute atomic E-state index is 0.190. The van der Waals surface area contributed by atoms with Crippen LogP contribution in [0.3, 0.4) is 0 Å². The molecule has 0 bridgehead atoms. The van der Waals surface area contributed by atoms with Gasteiger partial charge >= 0.3 is 0 Å². The molecule has 0 fully saturated rings. The van der Waals surface area contributed by atoms with Crippen molar-refractivity contribution in [3.63, 3.8) is 0 Å². The summed E-state index contributed by atoms with van der Waals surface area (Å²) in [5.41, 5.74) is 11.0. The third kappa shape index (κ3) is 3.42. The predicted molar refractivity (Wildman–Crippen MR) is 110 cm³/mol. The number of rotatable bonds is 7. The van der Waals surface area contributed by atoms with Crippen molar-refractivity contribution in [2.75, 3.05) is 0 Å². The Balaban J connectivity index is 1.58. The first kappa shape index (κ1) is 18.0. The summed E-state index contributed by atoms with van der Waals surface area (Å²) >= 11 is 0. The van der Waals surface area contributed by atoms with E-state index in [1.807, 2.05) is 52.6 Å². The lowest BCUT2D eigenvalue weighted by Gasteiger charge is -2.12. The summed E-state index contributed by atoms with van der Waals surface area (Å²) in [6, 6.07) is 16.4. The van der Waals surface area contributed by atoms with Gasteiger partial charge in [0.15, 0.2) is 0 Å². The molecule has 142 valence electrons. The van der Waals surface area contributed by atoms with Crippen LogP contribution in [0.5, 0.6) is 0 Å². The molecule has 2 heterocycles. The van der Waals surface area contributed by atoms with E-state index in [1.54, 1.807) is 12.5 Å². The second kappa shape index (κ2) is 7.70. The van der Waals surface area contributed by atoms with E-state index in [2.05, 4.69) is 28.5 Å². The minimum atomic E-state index is -0.336. The number of para-hydroxylation sites is 2. The standard InChI is InChI=1S/C22H23N5O/c1-16-19(18-7-3-5-9-21(18)27(16)14-22(23)28)13-25-12-17-6-2-4-8-20(17)26-11-10-24-15-26/h2-11,15,25H,12-14H2,1H3,(H2,23,28). The van der Waals surface area contributed by atoms with E-state index in [0.717, 1.165) is 28.8 Å². The van der Waals surface area contributed by atoms with Crippen LogP contribution in [-0.4, -0.2) is 20.0 Å². The first-order chi connectivity index (χ1) is 13.6. The van der Waals surface area contributed by atoms with Crippen molar-refractivity contribution in [1.29, 1.82) is 0 Å². The number of carbonyl (C=O) groups is 1. The van der Waals surface area contributed by atoms with Gasteiger partial charge in [-0.2, -0.15) is 0 Å². The zero-order valence-corrected chi connectivity index (χ0v) is 15.8. The summed E-state index contributed by atoms with van der Waals surface area (Å²) in [7, 11) is 0. The van der Waals surface area contributed by atoms with Crippen molar-refractivity contribution in [2.45, 2.75) is 26.6 Å². The molecule has 0 unspecified atom stereocenters. The van der Waals surface area contributed by atoms with Gasteiger partial charge in [0.2, 0.25) is 5.91 Å². The first-order valence-electron chi connectivity index (χ1n) is 9.27. The average molecular weight is 373 g/mol. The molecular weight excluding hydrogens is 350 g/mol. The Kier molecular flexibility index (Phi) is 4.95. The van der Waals surface area contributed by atoms with Gasteiger partial charge in [-0.3, -0.25) is 4.79 Å². The Morgan fingerprint density at radius 3 is 2.68 bits per heavy atom. The number of benzene rings is 2. The molecule has 6 heteroatoms. The van der Waals surface area contributed by atoms with Crippen LogP contribution < -0.4 is 11.1 Å². The monoisotopic (exact) mass is 373 g/mol. The first-order valence-corrected chi connectivity index (χ1v) is 9.27. The fraction of sp³-hybridized carbons (Fsp3) is 0.182. The Bertz CT molecular complexity index is 1110. The second-order valence-corrected chi connectivity index (χ2v) is 6.84. The average Bonchev–Trinajstić information content (AvgIpc) is 3.31. The highest BCUT2D eigenvalue weighted by Crippen LogP contribution is 2.26. The molecule has 0 saturated heterocycles. The van der Waals surface area contributed by atoms with E-state index < -0.39 is 0 Å². The van der Waals surface area contributed by atoms with Gasteiger partial charge in [-0.05, 0) is 30.2 Å². The third-order valence-corrected chi connectivity index (χ3v) is 5.07. The number of primary amides is 1. The highest BCUT2D eigenvalue weighted by atomic mass is 16.1. The smallest absolute Gasteiger partial charge is 0.237 e. The number of hydrogen-bond donors (Lipinski definition) is 2. The molecule has 0 aliphatic heterocycles. The maximum Gasteiger partial charge on any atom is 0.237 e. The van der Waals surface area contributed by atoms with Crippen LogP contribution in [0.1, 0.15) is 16.8 Å². The number of aromatic nitrogens is 3. The van der Waals surface area contributed by atoms with E-state index in [1.165, 1.54) is 11.1 Å². The molecule has 0 spiro atoms. The number of nitrogens with two attached hydrogens (primary N) is 1. The normalized spacial score (nSPS) is 11.2. The Hall–Kier alpha value is -3.38. The maximum atomic E-state index is 11.5. The summed E-state index contributed by atoms with van der Waals surface area (Å²) in [4.78, 5) is 15.6. The van der Waals surface area contributed by atoms with Crippen LogP contribution in [-0.2, 0) is 24.4 Å². The molecule has 2 aromatic heterocycles. The van der Waals surface area contributed by atoms with Gasteiger partial charge in [-0.1, -0.05) is 36.4 Å². The lowest BCUT2D eigenvalue weighted by Crippen LogP contribution is -2.20. The van der Waals surface area contributed by atoms with Crippen molar-refractivity contribution >= 4 is 16.8 Å². The van der Waals surface area contributed by atoms with Crippen molar-refractivity contribution < 1.29 is 4.79 Å². The van der Waals surface area contributed by atoms with E-state index in [-0.39, 0.29) is 12.5 Å². The third-order valence-electron chi connectivity index (χ3n) is 5.07. The molecule has 3 N–H and O–H groups in total. The predicted octanol–water partition coefficient (Wildman–Crippen LogP) is 2.91. The van der Waals surface area contributed by atoms with Crippen molar-refractivity contribution in [3.8, 4) is 5.69 Å². The van der Waals surface area contributed by atoms with E-state index in [9.17, 15) is 4.79 Å². The number of hydrogen-bond acceptors (Lipinski definition) is 3. The molecule has 4 aromatic rings. The van der Waals surface area contributed by atoms with E-state index in [0.29, 0.717) is 6.54 Å². The fourth-order valence-electron chi connectivity index (χ4n) is 3.72. The van der Waals surface area contributed by atoms with Gasteiger partial charge in [-0.15, -0.1) is 0 Å². The van der Waals surface area contributed by atoms with Gasteiger partial charge in [-0.25, -0.2) is 4.98 Å². The summed E-state index contributed by atoms with van der Waals surface area (Å²) in [6.45, 7) is 3.66. The number of nitrogens with zero attached hydrogens (tertiary/aromatic N) is 3. The van der Waals surface area contributed by atoms with Gasteiger partial charge in [0.25, 0.3) is 0 Å². The molecular formula is C22H23N5O. The second-order valence-electron chi connectivity index (χ2n) is 6.84. The Morgan fingerprint density at radius 2 is 1.89 bits per heavy atom. The van der Waals surface area contributed by atoms with Crippen LogP contribution in [0.4, 0.5) is 0 Å². The molecule has 4 rings (SSSR count). The van der Waals surface area contributed by atoms with Crippen LogP contribution in [0.2, 0.25) is 0 Å². The van der Waals surface area contributed by atoms with Crippen molar-refractivity contribution in [2.24, 2.45) is 5.73 Å². The van der Waals surface area contributed by atoms with Crippen LogP contribution >= 0.6 is 0 Å². The number of carbonyl (C=O) groups excluding carboxylic acids is 1. The molecule has 28 heavy (non-hydrogen) atoms. The molecule has 6 nitrogen and oxygen atoms in total. The quantitative estimate of drug-likeness (QED) is 0.523. The Morgan fingerprint density at radius 1 is 1.11 bits per heavy atom. The number of amides is 1. The van der Waals surface area contributed by atoms with Gasteiger partial charge in [0, 0.05) is 42.1 Å². The summed E-state index contributed by atoms with van der Waals surface area (Å²) in [5, 5.41) is 4.71. The number of fused-ring (bicyclic) bond motifs is 1. The van der Waals surface area contributed by atoms with E-state index in [4.69, 9.17) is 5.73 Å². The van der Waals surface area contributed by atoms with Gasteiger partial charge in [0.1, 0.15) is 6.54 Å². The largest absolute Gasteiger partial charge is 0.368 e. The van der Waals surface area contributed by atoms with Crippen molar-refractivity contribution in [3.05, 3.63) is 84.1 Å². The molecule has 1 amide bonds. The molecule has 2 aromatic carbocycles. The fourth-order valence-corrected chi connectivity index (χ4v) is 3.72.